The Morgan fingerprint density at radius 2 is 2.16 bits per heavy atom. The minimum Gasteiger partial charge on any atom is -0.332 e. The minimum absolute atomic E-state index is 0.0987. The molecule has 1 aliphatic rings. The number of aryl methyl sites for hydroxylation is 2. The molecule has 0 bridgehead atoms. The lowest BCUT2D eigenvalue weighted by Gasteiger charge is -2.35. The molecule has 0 aromatic carbocycles. The van der Waals surface area contributed by atoms with E-state index in [9.17, 15) is 9.59 Å². The molecular weight excluding hydrogens is 318 g/mol. The molecule has 1 amide bonds. The van der Waals surface area contributed by atoms with Gasteiger partial charge in [-0.25, -0.2) is 4.68 Å². The van der Waals surface area contributed by atoms with Gasteiger partial charge in [0, 0.05) is 25.4 Å². The largest absolute Gasteiger partial charge is 0.332 e. The molecule has 0 radical (unpaired) electrons. The van der Waals surface area contributed by atoms with Gasteiger partial charge in [0.1, 0.15) is 5.69 Å². The monoisotopic (exact) mass is 343 g/mol. The number of aromatic nitrogens is 4. The lowest BCUT2D eigenvalue weighted by Crippen LogP contribution is -2.46. The quantitative estimate of drug-likeness (QED) is 0.830. The Labute approximate surface area is 147 Å². The van der Waals surface area contributed by atoms with Crippen LogP contribution in [0.3, 0.4) is 0 Å². The third kappa shape index (κ3) is 3.97. The smallest absolute Gasteiger partial charge is 0.274 e. The second kappa shape index (κ2) is 7.63. The molecule has 1 saturated heterocycles. The van der Waals surface area contributed by atoms with E-state index in [1.165, 1.54) is 10.7 Å². The molecule has 2 aromatic heterocycles. The van der Waals surface area contributed by atoms with Crippen molar-refractivity contribution in [2.45, 2.75) is 58.7 Å². The summed E-state index contributed by atoms with van der Waals surface area (Å²) < 4.78 is 3.28. The summed E-state index contributed by atoms with van der Waals surface area (Å²) >= 11 is 0. The Balaban J connectivity index is 1.80. The first-order chi connectivity index (χ1) is 12.1. The molecule has 2 aromatic rings. The molecule has 3 rings (SSSR count). The number of hydrogen-bond acceptors (Lipinski definition) is 4. The van der Waals surface area contributed by atoms with Gasteiger partial charge in [-0.05, 0) is 44.2 Å². The highest BCUT2D eigenvalue weighted by Crippen LogP contribution is 2.20. The summed E-state index contributed by atoms with van der Waals surface area (Å²) in [5.41, 5.74) is 1.29. The van der Waals surface area contributed by atoms with Gasteiger partial charge >= 0.3 is 0 Å². The topological polar surface area (TPSA) is 73.0 Å². The summed E-state index contributed by atoms with van der Waals surface area (Å²) in [5, 5.41) is 8.62. The van der Waals surface area contributed by atoms with Crippen LogP contribution in [0, 0.1) is 6.92 Å². The van der Waals surface area contributed by atoms with Crippen LogP contribution >= 0.6 is 0 Å². The van der Waals surface area contributed by atoms with Crippen molar-refractivity contribution in [3.8, 4) is 0 Å². The summed E-state index contributed by atoms with van der Waals surface area (Å²) in [6.07, 6.45) is 7.69. The number of likely N-dealkylation sites (tertiary alicyclic amines) is 1. The number of carbonyl (C=O) groups is 1. The van der Waals surface area contributed by atoms with Crippen LogP contribution in [0.25, 0.3) is 0 Å². The highest BCUT2D eigenvalue weighted by molar-refractivity contribution is 5.92. The first-order valence-corrected chi connectivity index (χ1v) is 8.96. The Kier molecular flexibility index (Phi) is 5.31. The maximum absolute atomic E-state index is 13.0. The average molecular weight is 343 g/mol. The molecule has 3 heterocycles. The van der Waals surface area contributed by atoms with E-state index >= 15 is 0 Å². The molecule has 0 aliphatic carbocycles. The molecule has 0 spiro atoms. The van der Waals surface area contributed by atoms with Crippen LogP contribution in [0.5, 0.6) is 0 Å². The summed E-state index contributed by atoms with van der Waals surface area (Å²) in [6.45, 7) is 5.92. The van der Waals surface area contributed by atoms with Gasteiger partial charge in [-0.2, -0.15) is 10.2 Å². The Morgan fingerprint density at radius 3 is 2.88 bits per heavy atom. The maximum Gasteiger partial charge on any atom is 0.274 e. The summed E-state index contributed by atoms with van der Waals surface area (Å²) in [7, 11) is 0. The molecule has 1 fully saturated rings. The van der Waals surface area contributed by atoms with Crippen molar-refractivity contribution in [2.75, 3.05) is 6.54 Å². The molecule has 0 unspecified atom stereocenters. The van der Waals surface area contributed by atoms with Crippen molar-refractivity contribution >= 4 is 5.91 Å². The molecular formula is C18H25N5O2. The highest BCUT2D eigenvalue weighted by Gasteiger charge is 2.29. The van der Waals surface area contributed by atoms with Gasteiger partial charge in [-0.3, -0.25) is 14.3 Å². The van der Waals surface area contributed by atoms with Crippen molar-refractivity contribution < 1.29 is 4.79 Å². The number of piperidine rings is 1. The van der Waals surface area contributed by atoms with Crippen LogP contribution in [0.15, 0.2) is 29.3 Å². The van der Waals surface area contributed by atoms with E-state index in [2.05, 4.69) is 10.2 Å². The number of hydrogen-bond donors (Lipinski definition) is 0. The van der Waals surface area contributed by atoms with E-state index in [0.29, 0.717) is 18.8 Å². The van der Waals surface area contributed by atoms with Crippen molar-refractivity contribution in [1.29, 1.82) is 0 Å². The Morgan fingerprint density at radius 1 is 1.32 bits per heavy atom. The van der Waals surface area contributed by atoms with Crippen molar-refractivity contribution in [3.05, 3.63) is 46.1 Å². The van der Waals surface area contributed by atoms with Gasteiger partial charge in [0.05, 0.1) is 18.8 Å². The van der Waals surface area contributed by atoms with E-state index in [1.54, 1.807) is 6.07 Å². The van der Waals surface area contributed by atoms with Crippen LogP contribution in [0.2, 0.25) is 0 Å². The number of rotatable bonds is 5. The van der Waals surface area contributed by atoms with Crippen molar-refractivity contribution in [1.82, 2.24) is 24.5 Å². The number of carbonyl (C=O) groups excluding carboxylic acids is 1. The van der Waals surface area contributed by atoms with Gasteiger partial charge in [-0.1, -0.05) is 6.92 Å². The summed E-state index contributed by atoms with van der Waals surface area (Å²) in [5.74, 6) is -0.0987. The minimum atomic E-state index is -0.166. The van der Waals surface area contributed by atoms with E-state index in [4.69, 9.17) is 0 Å². The van der Waals surface area contributed by atoms with Crippen molar-refractivity contribution in [3.63, 3.8) is 0 Å². The fraction of sp³-hybridized carbons (Fsp3) is 0.556. The van der Waals surface area contributed by atoms with E-state index < -0.39 is 0 Å². The SMILES string of the molecule is CCCn1nc(C(=O)N2CCCC[C@H]2Cn2cc(C)cn2)ccc1=O. The normalized spacial score (nSPS) is 17.7. The van der Waals surface area contributed by atoms with Gasteiger partial charge in [0.2, 0.25) is 0 Å². The van der Waals surface area contributed by atoms with E-state index in [-0.39, 0.29) is 17.5 Å². The third-order valence-corrected chi connectivity index (χ3v) is 4.57. The molecule has 1 atom stereocenters. The third-order valence-electron chi connectivity index (χ3n) is 4.57. The summed E-state index contributed by atoms with van der Waals surface area (Å²) in [4.78, 5) is 26.7. The fourth-order valence-corrected chi connectivity index (χ4v) is 3.32. The molecule has 7 nitrogen and oxygen atoms in total. The van der Waals surface area contributed by atoms with Gasteiger partial charge in [0.25, 0.3) is 11.5 Å². The van der Waals surface area contributed by atoms with Gasteiger partial charge in [-0.15, -0.1) is 0 Å². The zero-order chi connectivity index (χ0) is 17.8. The average Bonchev–Trinajstić information content (AvgIpc) is 3.02. The summed E-state index contributed by atoms with van der Waals surface area (Å²) in [6, 6.07) is 3.08. The predicted octanol–water partition coefficient (Wildman–Crippen LogP) is 1.85. The van der Waals surface area contributed by atoms with Crippen molar-refractivity contribution in [2.24, 2.45) is 0 Å². The van der Waals surface area contributed by atoms with Gasteiger partial charge in [0.15, 0.2) is 0 Å². The molecule has 0 saturated carbocycles. The highest BCUT2D eigenvalue weighted by atomic mass is 16.2. The molecule has 7 heteroatoms. The fourth-order valence-electron chi connectivity index (χ4n) is 3.32. The van der Waals surface area contributed by atoms with E-state index in [0.717, 1.165) is 37.8 Å². The predicted molar refractivity (Wildman–Crippen MR) is 94.4 cm³/mol. The number of nitrogens with zero attached hydrogens (tertiary/aromatic N) is 5. The lowest BCUT2D eigenvalue weighted by atomic mass is 10.0. The molecule has 0 N–H and O–H groups in total. The first kappa shape index (κ1) is 17.4. The molecule has 25 heavy (non-hydrogen) atoms. The number of amides is 1. The van der Waals surface area contributed by atoms with Crippen LogP contribution in [-0.2, 0) is 13.1 Å². The second-order valence-corrected chi connectivity index (χ2v) is 6.67. The van der Waals surface area contributed by atoms with Crippen LogP contribution in [-0.4, -0.2) is 43.0 Å². The second-order valence-electron chi connectivity index (χ2n) is 6.67. The zero-order valence-corrected chi connectivity index (χ0v) is 14.9. The lowest BCUT2D eigenvalue weighted by molar-refractivity contribution is 0.0575. The zero-order valence-electron chi connectivity index (χ0n) is 14.9. The molecule has 134 valence electrons. The van der Waals surface area contributed by atoms with Crippen LogP contribution in [0.1, 0.15) is 48.7 Å². The Bertz CT molecular complexity index is 795. The van der Waals surface area contributed by atoms with Crippen LogP contribution in [0.4, 0.5) is 0 Å². The standard InChI is InChI=1S/C18H25N5O2/c1-3-9-23-17(24)8-7-16(20-23)18(25)22-10-5-4-6-15(22)13-21-12-14(2)11-19-21/h7-8,11-12,15H,3-6,9-10,13H2,1-2H3/t15-/m0/s1. The Hall–Kier alpha value is -2.44. The van der Waals surface area contributed by atoms with E-state index in [1.807, 2.05) is 35.8 Å². The van der Waals surface area contributed by atoms with Gasteiger partial charge < -0.3 is 4.90 Å². The first-order valence-electron chi connectivity index (χ1n) is 8.96. The molecule has 1 aliphatic heterocycles. The maximum atomic E-state index is 13.0. The van der Waals surface area contributed by atoms with Crippen LogP contribution < -0.4 is 5.56 Å².